The van der Waals surface area contributed by atoms with Crippen LogP contribution in [0.2, 0.25) is 5.02 Å². The molecule has 0 spiro atoms. The molecule has 8 atom stereocenters. The number of allylic oxidation sites excluding steroid dienone is 3. The van der Waals surface area contributed by atoms with Crippen LogP contribution in [0.4, 0.5) is 10.5 Å². The maximum absolute atomic E-state index is 14.2. The number of nitrogens with two attached hydrogens (primary N) is 2. The Labute approximate surface area is 443 Å². The molecular formula is C49H70ClN7O15S2. The minimum atomic E-state index is -2.15. The van der Waals surface area contributed by atoms with Crippen LogP contribution in [0.1, 0.15) is 71.8 Å². The first-order valence-corrected chi connectivity index (χ1v) is 26.9. The summed E-state index contributed by atoms with van der Waals surface area (Å²) in [7, 11) is 7.41. The van der Waals surface area contributed by atoms with Gasteiger partial charge in [-0.2, -0.15) is 0 Å². The summed E-state index contributed by atoms with van der Waals surface area (Å²) in [6.07, 6.45) is 0.126. The average Bonchev–Trinajstić information content (AvgIpc) is 3.95. The number of hydrogen-bond donors (Lipinski definition) is 6. The van der Waals surface area contributed by atoms with E-state index in [2.05, 4.69) is 10.6 Å². The number of fused-ring (bicyclic) bond motifs is 5. The molecule has 5 rings (SSSR count). The Bertz CT molecular complexity index is 2310. The normalized spacial score (nSPS) is 26.8. The Morgan fingerprint density at radius 1 is 1.09 bits per heavy atom. The SMILES string of the molecule is COc1cc2cc(c1Cl)N(C)C(=O)C[C@H](OC(=O)[C@H](N)N(C)C(=O)CCC(C)(C)SSCCCC(=O)NCCOCCOCCN1C(=O)C=CC1=O)[C@]1(N)O[C@H]1[C@H](C)[C@@H]1C[C@@](O)(NC(=O)O1)[C@H](O)/C=C/C=C(\C)C2. The highest BCUT2D eigenvalue weighted by molar-refractivity contribution is 8.77. The standard InChI is InChI=1S/C49H70ClN7O15S2/c1-29-10-8-11-35(58)48(66)28-34(70-46(65)54-48)30(2)43-49(52,72-43)36(27-41(63)55(5)32-25-31(24-29)26-33(67-7)42(32)50)71-45(64)44(51)56(6)38(60)15-16-47(3,4)74-73-23-9-12-37(59)53-17-19-68-21-22-69-20-18-57-39(61)13-14-40(57)62/h8,10-11,13-14,25-26,30,34-36,43-44,58,66H,9,12,15-24,27-28,51-52H2,1-7H3,(H,53,59)(H,54,65)/b11-8+,29-10+/t30-,34+,35-,36+,43+,44-,48+,49+/m1/s1. The van der Waals surface area contributed by atoms with Gasteiger partial charge in [0.25, 0.3) is 11.8 Å². The first-order chi connectivity index (χ1) is 34.9. The van der Waals surface area contributed by atoms with Crippen molar-refractivity contribution in [1.29, 1.82) is 0 Å². The number of aliphatic hydroxyl groups excluding tert-OH is 1. The summed E-state index contributed by atoms with van der Waals surface area (Å²) in [5.74, 6) is -2.79. The lowest BCUT2D eigenvalue weighted by Crippen LogP contribution is -2.63. The number of epoxide rings is 1. The predicted molar refractivity (Wildman–Crippen MR) is 276 cm³/mol. The van der Waals surface area contributed by atoms with Crippen LogP contribution in [-0.4, -0.2) is 175 Å². The number of benzene rings is 1. The van der Waals surface area contributed by atoms with Crippen molar-refractivity contribution < 1.29 is 72.2 Å². The maximum Gasteiger partial charge on any atom is 0.409 e. The molecule has 22 nitrogen and oxygen atoms in total. The fourth-order valence-electron chi connectivity index (χ4n) is 8.23. The number of alkyl carbamates (subject to hydrolysis) is 1. The molecule has 25 heteroatoms. The lowest BCUT2D eigenvalue weighted by atomic mass is 9.86. The van der Waals surface area contributed by atoms with Gasteiger partial charge in [-0.1, -0.05) is 63.9 Å². The van der Waals surface area contributed by atoms with Crippen LogP contribution in [0.15, 0.2) is 48.1 Å². The smallest absolute Gasteiger partial charge is 0.409 e. The van der Waals surface area contributed by atoms with Gasteiger partial charge in [0.2, 0.25) is 17.7 Å². The monoisotopic (exact) mass is 1100 g/mol. The number of nitrogens with zero attached hydrogens (tertiary/aromatic N) is 3. The Hall–Kier alpha value is -4.76. The highest BCUT2D eigenvalue weighted by Crippen LogP contribution is 2.46. The molecule has 4 bridgehead atoms. The average molecular weight is 1100 g/mol. The van der Waals surface area contributed by atoms with Gasteiger partial charge in [0.05, 0.1) is 52.2 Å². The molecule has 0 aromatic heterocycles. The van der Waals surface area contributed by atoms with E-state index in [0.29, 0.717) is 56.8 Å². The van der Waals surface area contributed by atoms with Crippen LogP contribution in [0, 0.1) is 5.92 Å². The Balaban J connectivity index is 1.12. The summed E-state index contributed by atoms with van der Waals surface area (Å²) < 4.78 is 33.5. The number of carbonyl (C=O) groups is 7. The fraction of sp³-hybridized carbons (Fsp3) is 0.612. The quantitative estimate of drug-likeness (QED) is 0.0243. The zero-order chi connectivity index (χ0) is 54.5. The number of amides is 6. The molecule has 6 amide bonds. The largest absolute Gasteiger partial charge is 0.495 e. The second-order valence-electron chi connectivity index (χ2n) is 19.1. The van der Waals surface area contributed by atoms with E-state index < -0.39 is 78.2 Å². The number of hydrogen-bond acceptors (Lipinski definition) is 19. The number of rotatable bonds is 22. The number of aliphatic hydroxyl groups is 2. The third-order valence-corrected chi connectivity index (χ3v) is 16.7. The first-order valence-electron chi connectivity index (χ1n) is 24.2. The highest BCUT2D eigenvalue weighted by Gasteiger charge is 2.65. The number of halogens is 1. The second-order valence-corrected chi connectivity index (χ2v) is 22.6. The molecule has 410 valence electrons. The van der Waals surface area contributed by atoms with Crippen LogP contribution in [-0.2, 0) is 58.9 Å². The van der Waals surface area contributed by atoms with Gasteiger partial charge in [0, 0.05) is 68.5 Å². The van der Waals surface area contributed by atoms with Gasteiger partial charge in [-0.15, -0.1) is 0 Å². The maximum atomic E-state index is 14.2. The topological polar surface area (TPSA) is 304 Å². The molecular weight excluding hydrogens is 1030 g/mol. The minimum Gasteiger partial charge on any atom is -0.495 e. The molecule has 74 heavy (non-hydrogen) atoms. The molecule has 1 aromatic rings. The van der Waals surface area contributed by atoms with E-state index in [4.69, 9.17) is 51.5 Å². The number of carbonyl (C=O) groups excluding carboxylic acids is 7. The third-order valence-electron chi connectivity index (χ3n) is 12.9. The molecule has 1 aromatic carbocycles. The Kier molecular flexibility index (Phi) is 21.8. The number of likely N-dealkylation sites (N-methyl/N-ethyl adjacent to an activating group) is 1. The van der Waals surface area contributed by atoms with E-state index >= 15 is 0 Å². The van der Waals surface area contributed by atoms with Crippen molar-refractivity contribution in [2.75, 3.05) is 71.4 Å². The molecule has 4 aliphatic rings. The van der Waals surface area contributed by atoms with Crippen LogP contribution < -0.4 is 31.7 Å². The highest BCUT2D eigenvalue weighted by atomic mass is 35.5. The molecule has 0 saturated carbocycles. The van der Waals surface area contributed by atoms with Gasteiger partial charge < -0.3 is 59.5 Å². The number of ether oxygens (including phenoxy) is 6. The zero-order valence-electron chi connectivity index (χ0n) is 42.8. The molecule has 0 radical (unpaired) electrons. The van der Waals surface area contributed by atoms with Gasteiger partial charge in [-0.25, -0.2) is 9.59 Å². The number of esters is 1. The molecule has 4 aliphatic heterocycles. The van der Waals surface area contributed by atoms with Crippen molar-refractivity contribution in [2.45, 2.75) is 119 Å². The lowest BCUT2D eigenvalue weighted by Gasteiger charge is -2.41. The van der Waals surface area contributed by atoms with Crippen LogP contribution in [0.3, 0.4) is 0 Å². The van der Waals surface area contributed by atoms with Crippen LogP contribution in [0.25, 0.3) is 0 Å². The van der Waals surface area contributed by atoms with Crippen LogP contribution in [0.5, 0.6) is 5.75 Å². The summed E-state index contributed by atoms with van der Waals surface area (Å²) in [6, 6.07) is 3.42. The summed E-state index contributed by atoms with van der Waals surface area (Å²) in [4.78, 5) is 93.3. The van der Waals surface area contributed by atoms with Crippen molar-refractivity contribution in [3.05, 3.63) is 58.7 Å². The first kappa shape index (κ1) is 60.1. The summed E-state index contributed by atoms with van der Waals surface area (Å²) in [5.41, 5.74) is 11.0. The van der Waals surface area contributed by atoms with E-state index in [1.165, 1.54) is 44.3 Å². The molecule has 4 heterocycles. The fourth-order valence-corrected chi connectivity index (χ4v) is 11.2. The number of anilines is 1. The van der Waals surface area contributed by atoms with E-state index in [-0.39, 0.29) is 71.5 Å². The van der Waals surface area contributed by atoms with Crippen molar-refractivity contribution in [3.8, 4) is 5.75 Å². The second kappa shape index (κ2) is 26.8. The number of methoxy groups -OCH3 is 1. The van der Waals surface area contributed by atoms with Crippen molar-refractivity contribution >= 4 is 80.5 Å². The van der Waals surface area contributed by atoms with E-state index in [1.54, 1.807) is 52.8 Å². The third kappa shape index (κ3) is 16.4. The zero-order valence-corrected chi connectivity index (χ0v) is 45.2. The van der Waals surface area contributed by atoms with Gasteiger partial charge in [-0.05, 0) is 57.7 Å². The summed E-state index contributed by atoms with van der Waals surface area (Å²) in [6.45, 7) is 8.98. The summed E-state index contributed by atoms with van der Waals surface area (Å²) >= 11 is 6.76. The van der Waals surface area contributed by atoms with Crippen LogP contribution >= 0.6 is 33.2 Å². The van der Waals surface area contributed by atoms with E-state index in [0.717, 1.165) is 15.4 Å². The van der Waals surface area contributed by atoms with Crippen molar-refractivity contribution in [3.63, 3.8) is 0 Å². The van der Waals surface area contributed by atoms with Gasteiger partial charge in [0.15, 0.2) is 23.7 Å². The van der Waals surface area contributed by atoms with Crippen molar-refractivity contribution in [1.82, 2.24) is 20.4 Å². The molecule has 0 unspecified atom stereocenters. The van der Waals surface area contributed by atoms with E-state index in [1.807, 2.05) is 20.8 Å². The predicted octanol–water partition coefficient (Wildman–Crippen LogP) is 2.45. The molecule has 2 fully saturated rings. The molecule has 8 N–H and O–H groups in total. The van der Waals surface area contributed by atoms with Gasteiger partial charge in [-0.3, -0.25) is 39.9 Å². The Morgan fingerprint density at radius 2 is 1.78 bits per heavy atom. The lowest BCUT2D eigenvalue weighted by molar-refractivity contribution is -0.163. The molecule has 2 saturated heterocycles. The Morgan fingerprint density at radius 3 is 2.47 bits per heavy atom. The summed E-state index contributed by atoms with van der Waals surface area (Å²) in [5, 5.41) is 27.8. The molecule has 0 aliphatic carbocycles. The van der Waals surface area contributed by atoms with Crippen molar-refractivity contribution in [2.24, 2.45) is 17.4 Å². The van der Waals surface area contributed by atoms with Gasteiger partial charge in [0.1, 0.15) is 29.1 Å². The minimum absolute atomic E-state index is 0.0214. The number of imide groups is 1. The van der Waals surface area contributed by atoms with Gasteiger partial charge >= 0.3 is 12.1 Å². The number of nitrogens with one attached hydrogen (secondary N) is 2. The van der Waals surface area contributed by atoms with E-state index in [9.17, 15) is 43.8 Å².